The van der Waals surface area contributed by atoms with Crippen LogP contribution >= 0.6 is 0 Å². The molecule has 0 heterocycles. The van der Waals surface area contributed by atoms with Gasteiger partial charge in [0.15, 0.2) is 0 Å². The molecular weight excluding hydrogens is 204 g/mol. The first-order chi connectivity index (χ1) is 8.11. The van der Waals surface area contributed by atoms with Gasteiger partial charge in [-0.05, 0) is 30.1 Å². The monoisotopic (exact) mass is 238 g/mol. The van der Waals surface area contributed by atoms with Gasteiger partial charge in [0, 0.05) is 0 Å². The van der Waals surface area contributed by atoms with E-state index in [1.54, 1.807) is 0 Å². The Balaban J connectivity index is 2.15. The SMILES string of the molecule is CC(C)CCCCCC1CCCCC1C(C)C. The molecule has 0 heteroatoms. The third-order valence-corrected chi connectivity index (χ3v) is 4.68. The first kappa shape index (κ1) is 15.1. The van der Waals surface area contributed by atoms with Gasteiger partial charge in [-0.1, -0.05) is 79.1 Å². The van der Waals surface area contributed by atoms with Gasteiger partial charge in [-0.3, -0.25) is 0 Å². The van der Waals surface area contributed by atoms with Gasteiger partial charge in [-0.2, -0.15) is 0 Å². The van der Waals surface area contributed by atoms with Crippen LogP contribution in [0, 0.1) is 23.7 Å². The van der Waals surface area contributed by atoms with Crippen molar-refractivity contribution in [3.8, 4) is 0 Å². The fraction of sp³-hybridized carbons (Fsp3) is 1.00. The Labute approximate surface area is 110 Å². The van der Waals surface area contributed by atoms with E-state index in [4.69, 9.17) is 0 Å². The average molecular weight is 238 g/mol. The van der Waals surface area contributed by atoms with E-state index in [9.17, 15) is 0 Å². The molecule has 1 fully saturated rings. The van der Waals surface area contributed by atoms with Crippen molar-refractivity contribution in [2.24, 2.45) is 23.7 Å². The molecule has 0 bridgehead atoms. The van der Waals surface area contributed by atoms with Crippen molar-refractivity contribution in [3.05, 3.63) is 0 Å². The summed E-state index contributed by atoms with van der Waals surface area (Å²) in [4.78, 5) is 0. The molecule has 0 aliphatic heterocycles. The normalized spacial score (nSPS) is 25.8. The molecule has 0 spiro atoms. The van der Waals surface area contributed by atoms with Crippen LogP contribution in [0.15, 0.2) is 0 Å². The molecule has 102 valence electrons. The molecule has 0 aromatic rings. The van der Waals surface area contributed by atoms with Crippen molar-refractivity contribution >= 4 is 0 Å². The lowest BCUT2D eigenvalue weighted by Gasteiger charge is -2.34. The fourth-order valence-corrected chi connectivity index (χ4v) is 3.61. The highest BCUT2D eigenvalue weighted by molar-refractivity contribution is 4.77. The predicted molar refractivity (Wildman–Crippen MR) is 78.2 cm³/mol. The summed E-state index contributed by atoms with van der Waals surface area (Å²) in [5.41, 5.74) is 0. The highest BCUT2D eigenvalue weighted by Crippen LogP contribution is 2.37. The largest absolute Gasteiger partial charge is 0.0628 e. The van der Waals surface area contributed by atoms with Crippen LogP contribution in [0.5, 0.6) is 0 Å². The second-order valence-electron chi connectivity index (χ2n) is 6.98. The molecule has 1 aliphatic carbocycles. The molecule has 1 saturated carbocycles. The lowest BCUT2D eigenvalue weighted by Crippen LogP contribution is -2.24. The fourth-order valence-electron chi connectivity index (χ4n) is 3.61. The molecule has 0 saturated heterocycles. The van der Waals surface area contributed by atoms with Crippen molar-refractivity contribution in [3.63, 3.8) is 0 Å². The maximum absolute atomic E-state index is 2.43. The summed E-state index contributed by atoms with van der Waals surface area (Å²) in [6, 6.07) is 0. The van der Waals surface area contributed by atoms with Gasteiger partial charge in [0.05, 0.1) is 0 Å². The van der Waals surface area contributed by atoms with E-state index in [1.165, 1.54) is 57.8 Å². The minimum absolute atomic E-state index is 0.896. The Kier molecular flexibility index (Phi) is 7.23. The maximum Gasteiger partial charge on any atom is -0.0363 e. The van der Waals surface area contributed by atoms with E-state index in [0.717, 1.165) is 23.7 Å². The highest BCUT2D eigenvalue weighted by Gasteiger charge is 2.26. The zero-order valence-electron chi connectivity index (χ0n) is 12.7. The van der Waals surface area contributed by atoms with Gasteiger partial charge in [0.1, 0.15) is 0 Å². The zero-order valence-corrected chi connectivity index (χ0v) is 12.7. The van der Waals surface area contributed by atoms with Crippen molar-refractivity contribution in [1.29, 1.82) is 0 Å². The lowest BCUT2D eigenvalue weighted by atomic mass is 9.71. The average Bonchev–Trinajstić information content (AvgIpc) is 2.28. The maximum atomic E-state index is 2.43. The number of hydrogen-bond donors (Lipinski definition) is 0. The molecule has 0 nitrogen and oxygen atoms in total. The summed E-state index contributed by atoms with van der Waals surface area (Å²) in [6.07, 6.45) is 13.4. The summed E-state index contributed by atoms with van der Waals surface area (Å²) in [5, 5.41) is 0. The van der Waals surface area contributed by atoms with Gasteiger partial charge in [0.2, 0.25) is 0 Å². The molecule has 2 atom stereocenters. The van der Waals surface area contributed by atoms with Crippen molar-refractivity contribution in [2.75, 3.05) is 0 Å². The Morgan fingerprint density at radius 3 is 2.24 bits per heavy atom. The van der Waals surface area contributed by atoms with Crippen LogP contribution in [-0.2, 0) is 0 Å². The van der Waals surface area contributed by atoms with Crippen LogP contribution in [0.1, 0.15) is 85.5 Å². The van der Waals surface area contributed by atoms with Gasteiger partial charge >= 0.3 is 0 Å². The highest BCUT2D eigenvalue weighted by atomic mass is 14.3. The third kappa shape index (κ3) is 5.93. The Morgan fingerprint density at radius 1 is 0.882 bits per heavy atom. The lowest BCUT2D eigenvalue weighted by molar-refractivity contribution is 0.167. The number of rotatable bonds is 7. The molecule has 0 radical (unpaired) electrons. The summed E-state index contributed by atoms with van der Waals surface area (Å²) >= 11 is 0. The molecule has 1 aliphatic rings. The smallest absolute Gasteiger partial charge is 0.0363 e. The second kappa shape index (κ2) is 8.16. The van der Waals surface area contributed by atoms with Crippen LogP contribution < -0.4 is 0 Å². The molecule has 0 aromatic heterocycles. The van der Waals surface area contributed by atoms with E-state index >= 15 is 0 Å². The van der Waals surface area contributed by atoms with Crippen LogP contribution in [0.3, 0.4) is 0 Å². The first-order valence-electron chi connectivity index (χ1n) is 8.11. The van der Waals surface area contributed by atoms with E-state index in [2.05, 4.69) is 27.7 Å². The van der Waals surface area contributed by atoms with Gasteiger partial charge in [-0.15, -0.1) is 0 Å². The Hall–Kier alpha value is 0. The van der Waals surface area contributed by atoms with Crippen LogP contribution in [0.2, 0.25) is 0 Å². The molecule has 0 aromatic carbocycles. The van der Waals surface area contributed by atoms with E-state index in [0.29, 0.717) is 0 Å². The predicted octanol–water partition coefficient (Wildman–Crippen LogP) is 6.06. The van der Waals surface area contributed by atoms with Gasteiger partial charge in [-0.25, -0.2) is 0 Å². The standard InChI is InChI=1S/C17H34/c1-14(2)10-6-5-7-11-16-12-8-9-13-17(16)15(3)4/h14-17H,5-13H2,1-4H3. The molecule has 2 unspecified atom stereocenters. The topological polar surface area (TPSA) is 0 Å². The molecule has 0 N–H and O–H groups in total. The molecule has 0 amide bonds. The molecule has 1 rings (SSSR count). The van der Waals surface area contributed by atoms with E-state index in [-0.39, 0.29) is 0 Å². The number of hydrogen-bond acceptors (Lipinski definition) is 0. The first-order valence-corrected chi connectivity index (χ1v) is 8.11. The molecular formula is C17H34. The van der Waals surface area contributed by atoms with Crippen molar-refractivity contribution < 1.29 is 0 Å². The zero-order chi connectivity index (χ0) is 12.7. The van der Waals surface area contributed by atoms with Crippen LogP contribution in [0.4, 0.5) is 0 Å². The summed E-state index contributed by atoms with van der Waals surface area (Å²) in [6.45, 7) is 9.55. The quantitative estimate of drug-likeness (QED) is 0.473. The van der Waals surface area contributed by atoms with Crippen LogP contribution in [0.25, 0.3) is 0 Å². The van der Waals surface area contributed by atoms with Crippen molar-refractivity contribution in [1.82, 2.24) is 0 Å². The Bertz CT molecular complexity index is 180. The number of unbranched alkanes of at least 4 members (excludes halogenated alkanes) is 2. The minimum Gasteiger partial charge on any atom is -0.0628 e. The summed E-state index contributed by atoms with van der Waals surface area (Å²) in [7, 11) is 0. The van der Waals surface area contributed by atoms with E-state index < -0.39 is 0 Å². The Morgan fingerprint density at radius 2 is 1.59 bits per heavy atom. The van der Waals surface area contributed by atoms with Crippen LogP contribution in [-0.4, -0.2) is 0 Å². The van der Waals surface area contributed by atoms with Gasteiger partial charge in [0.25, 0.3) is 0 Å². The summed E-state index contributed by atoms with van der Waals surface area (Å²) < 4.78 is 0. The van der Waals surface area contributed by atoms with Crippen molar-refractivity contribution in [2.45, 2.75) is 85.5 Å². The minimum atomic E-state index is 0.896. The third-order valence-electron chi connectivity index (χ3n) is 4.68. The van der Waals surface area contributed by atoms with Gasteiger partial charge < -0.3 is 0 Å². The van der Waals surface area contributed by atoms with E-state index in [1.807, 2.05) is 0 Å². The molecule has 17 heavy (non-hydrogen) atoms. The second-order valence-corrected chi connectivity index (χ2v) is 6.98. The summed E-state index contributed by atoms with van der Waals surface area (Å²) in [5.74, 6) is 3.90.